The Morgan fingerprint density at radius 3 is 2.39 bits per heavy atom. The number of amides is 1. The van der Waals surface area contributed by atoms with Gasteiger partial charge in [-0.05, 0) is 55.8 Å². The predicted octanol–water partition coefficient (Wildman–Crippen LogP) is 4.99. The van der Waals surface area contributed by atoms with Gasteiger partial charge in [0.1, 0.15) is 17.3 Å². The number of ether oxygens (including phenoxy) is 2. The number of para-hydroxylation sites is 3. The van der Waals surface area contributed by atoms with Gasteiger partial charge in [0.15, 0.2) is 0 Å². The van der Waals surface area contributed by atoms with E-state index in [1.54, 1.807) is 48.5 Å². The van der Waals surface area contributed by atoms with Gasteiger partial charge in [0.05, 0.1) is 41.4 Å². The van der Waals surface area contributed by atoms with Crippen molar-refractivity contribution in [3.05, 3.63) is 89.5 Å². The molecule has 2 heterocycles. The molecule has 8 heteroatoms. The van der Waals surface area contributed by atoms with Crippen LogP contribution in [0.4, 0.5) is 5.95 Å². The number of carbonyl (C=O) groups is 2. The minimum Gasteiger partial charge on any atom is -0.507 e. The number of ketones is 1. The van der Waals surface area contributed by atoms with Crippen molar-refractivity contribution in [1.82, 2.24) is 9.97 Å². The summed E-state index contributed by atoms with van der Waals surface area (Å²) in [6, 6.07) is 20.3. The summed E-state index contributed by atoms with van der Waals surface area (Å²) in [6.07, 6.45) is -0.0115. The number of aliphatic hydroxyl groups is 1. The van der Waals surface area contributed by atoms with Crippen molar-refractivity contribution in [1.29, 1.82) is 0 Å². The number of carbonyl (C=O) groups excluding carboxylic acids is 2. The van der Waals surface area contributed by atoms with Crippen LogP contribution in [-0.4, -0.2) is 40.0 Å². The van der Waals surface area contributed by atoms with Crippen molar-refractivity contribution in [3.63, 3.8) is 0 Å². The number of aromatic amines is 1. The van der Waals surface area contributed by atoms with E-state index < -0.39 is 17.7 Å². The molecule has 4 aromatic rings. The number of imidazole rings is 1. The molecule has 182 valence electrons. The van der Waals surface area contributed by atoms with Crippen molar-refractivity contribution < 1.29 is 24.2 Å². The van der Waals surface area contributed by atoms with E-state index in [1.807, 2.05) is 38.1 Å². The van der Waals surface area contributed by atoms with Gasteiger partial charge in [-0.3, -0.25) is 14.5 Å². The van der Waals surface area contributed by atoms with Gasteiger partial charge >= 0.3 is 5.91 Å². The molecule has 0 bridgehead atoms. The highest BCUT2D eigenvalue weighted by molar-refractivity contribution is 6.51. The van der Waals surface area contributed by atoms with Crippen molar-refractivity contribution >= 4 is 34.4 Å². The summed E-state index contributed by atoms with van der Waals surface area (Å²) >= 11 is 0. The Balaban J connectivity index is 1.71. The molecule has 5 rings (SSSR count). The first-order valence-electron chi connectivity index (χ1n) is 11.5. The van der Waals surface area contributed by atoms with Crippen LogP contribution in [0, 0.1) is 0 Å². The largest absolute Gasteiger partial charge is 0.507 e. The van der Waals surface area contributed by atoms with Crippen molar-refractivity contribution in [3.8, 4) is 11.5 Å². The Hall–Kier alpha value is -4.59. The summed E-state index contributed by atoms with van der Waals surface area (Å²) in [7, 11) is 1.48. The van der Waals surface area contributed by atoms with Crippen molar-refractivity contribution in [2.75, 3.05) is 12.0 Å². The molecule has 1 saturated heterocycles. The second-order valence-electron chi connectivity index (χ2n) is 8.68. The highest BCUT2D eigenvalue weighted by Crippen LogP contribution is 2.43. The smallest absolute Gasteiger partial charge is 0.302 e. The van der Waals surface area contributed by atoms with E-state index in [1.165, 1.54) is 12.0 Å². The van der Waals surface area contributed by atoms with Gasteiger partial charge in [-0.25, -0.2) is 4.98 Å². The van der Waals surface area contributed by atoms with Gasteiger partial charge < -0.3 is 19.6 Å². The first kappa shape index (κ1) is 23.2. The number of nitrogens with zero attached hydrogens (tertiary/aromatic N) is 2. The molecule has 1 aromatic heterocycles. The van der Waals surface area contributed by atoms with Crippen LogP contribution in [-0.2, 0) is 9.59 Å². The normalized spacial score (nSPS) is 17.2. The number of Topliss-reactive ketones (excluding diaryl/α,β-unsaturated/α-hetero) is 1. The molecule has 1 aliphatic rings. The standard InChI is InChI=1S/C28H25N3O5/c1-16(2)36-18-14-12-17(13-15-18)24-23(25(32)19-8-4-7-11-22(19)35-3)26(33)27(34)31(24)28-29-20-9-5-6-10-21(20)30-28/h4-16,24,32H,1-3H3,(H,29,30)/b25-23+. The van der Waals surface area contributed by atoms with Crippen LogP contribution in [0.5, 0.6) is 11.5 Å². The minimum atomic E-state index is -0.927. The molecule has 2 N–H and O–H groups in total. The summed E-state index contributed by atoms with van der Waals surface area (Å²) in [4.78, 5) is 35.8. The molecular formula is C28H25N3O5. The number of H-pyrrole nitrogens is 1. The van der Waals surface area contributed by atoms with Gasteiger partial charge in [-0.1, -0.05) is 36.4 Å². The Labute approximate surface area is 207 Å². The third-order valence-electron chi connectivity index (χ3n) is 5.98. The number of hydrogen-bond acceptors (Lipinski definition) is 6. The molecule has 1 amide bonds. The quantitative estimate of drug-likeness (QED) is 0.228. The van der Waals surface area contributed by atoms with Crippen LogP contribution in [0.1, 0.15) is 31.0 Å². The Morgan fingerprint density at radius 1 is 1.00 bits per heavy atom. The Morgan fingerprint density at radius 2 is 1.69 bits per heavy atom. The van der Waals surface area contributed by atoms with E-state index >= 15 is 0 Å². The number of hydrogen-bond donors (Lipinski definition) is 2. The fourth-order valence-electron chi connectivity index (χ4n) is 4.41. The topological polar surface area (TPSA) is 105 Å². The predicted molar refractivity (Wildman–Crippen MR) is 136 cm³/mol. The second kappa shape index (κ2) is 9.22. The summed E-state index contributed by atoms with van der Waals surface area (Å²) in [5, 5.41) is 11.4. The second-order valence-corrected chi connectivity index (χ2v) is 8.68. The molecule has 8 nitrogen and oxygen atoms in total. The molecule has 1 aliphatic heterocycles. The van der Waals surface area contributed by atoms with E-state index in [9.17, 15) is 14.7 Å². The Bertz CT molecular complexity index is 1450. The minimum absolute atomic E-state index is 0.0115. The maximum absolute atomic E-state index is 13.4. The van der Waals surface area contributed by atoms with E-state index in [-0.39, 0.29) is 23.4 Å². The van der Waals surface area contributed by atoms with Crippen LogP contribution in [0.25, 0.3) is 16.8 Å². The van der Waals surface area contributed by atoms with Crippen LogP contribution in [0.15, 0.2) is 78.4 Å². The summed E-state index contributed by atoms with van der Waals surface area (Å²) in [5.74, 6) is -0.685. The highest BCUT2D eigenvalue weighted by Gasteiger charge is 2.48. The number of aromatic nitrogens is 2. The number of anilines is 1. The molecular weight excluding hydrogens is 458 g/mol. The van der Waals surface area contributed by atoms with Gasteiger partial charge in [0, 0.05) is 0 Å². The molecule has 3 aromatic carbocycles. The van der Waals surface area contributed by atoms with Crippen LogP contribution in [0.2, 0.25) is 0 Å². The van der Waals surface area contributed by atoms with Crippen LogP contribution < -0.4 is 14.4 Å². The average molecular weight is 484 g/mol. The molecule has 1 fully saturated rings. The number of nitrogens with one attached hydrogen (secondary N) is 1. The number of aliphatic hydroxyl groups excluding tert-OH is 1. The molecule has 1 unspecified atom stereocenters. The zero-order valence-corrected chi connectivity index (χ0v) is 20.1. The number of benzene rings is 3. The van der Waals surface area contributed by atoms with E-state index in [4.69, 9.17) is 9.47 Å². The molecule has 0 saturated carbocycles. The molecule has 36 heavy (non-hydrogen) atoms. The first-order valence-corrected chi connectivity index (χ1v) is 11.5. The third-order valence-corrected chi connectivity index (χ3v) is 5.98. The van der Waals surface area contributed by atoms with Crippen molar-refractivity contribution in [2.24, 2.45) is 0 Å². The lowest BCUT2D eigenvalue weighted by atomic mass is 9.95. The monoisotopic (exact) mass is 483 g/mol. The molecule has 0 spiro atoms. The van der Waals surface area contributed by atoms with Gasteiger partial charge in [0.25, 0.3) is 5.78 Å². The highest BCUT2D eigenvalue weighted by atomic mass is 16.5. The molecule has 0 aliphatic carbocycles. The van der Waals surface area contributed by atoms with E-state index in [2.05, 4.69) is 9.97 Å². The maximum atomic E-state index is 13.4. The number of methoxy groups -OCH3 is 1. The summed E-state index contributed by atoms with van der Waals surface area (Å²) in [6.45, 7) is 3.86. The van der Waals surface area contributed by atoms with E-state index in [0.717, 1.165) is 5.52 Å². The lowest BCUT2D eigenvalue weighted by Gasteiger charge is -2.23. The third kappa shape index (κ3) is 3.96. The fourth-order valence-corrected chi connectivity index (χ4v) is 4.41. The van der Waals surface area contributed by atoms with Crippen LogP contribution in [0.3, 0.4) is 0 Å². The fraction of sp³-hybridized carbons (Fsp3) is 0.179. The number of rotatable bonds is 6. The Kier molecular flexibility index (Phi) is 5.93. The summed E-state index contributed by atoms with van der Waals surface area (Å²) in [5.41, 5.74) is 2.24. The maximum Gasteiger partial charge on any atom is 0.302 e. The first-order chi connectivity index (χ1) is 17.4. The van der Waals surface area contributed by atoms with Crippen LogP contribution >= 0.6 is 0 Å². The molecule has 1 atom stereocenters. The van der Waals surface area contributed by atoms with Crippen molar-refractivity contribution in [2.45, 2.75) is 26.0 Å². The van der Waals surface area contributed by atoms with Gasteiger partial charge in [0.2, 0.25) is 5.95 Å². The zero-order valence-electron chi connectivity index (χ0n) is 20.1. The average Bonchev–Trinajstić information content (AvgIpc) is 3.42. The lowest BCUT2D eigenvalue weighted by Crippen LogP contribution is -2.30. The zero-order chi connectivity index (χ0) is 25.4. The SMILES string of the molecule is COc1ccccc1/C(O)=C1\C(=O)C(=O)N(c2nc3ccccc3[nH]2)C1c1ccc(OC(C)C)cc1. The van der Waals surface area contributed by atoms with E-state index in [0.29, 0.717) is 28.1 Å². The number of fused-ring (bicyclic) bond motifs is 1. The van der Waals surface area contributed by atoms with Gasteiger partial charge in [-0.15, -0.1) is 0 Å². The molecule has 0 radical (unpaired) electrons. The van der Waals surface area contributed by atoms with Gasteiger partial charge in [-0.2, -0.15) is 0 Å². The lowest BCUT2D eigenvalue weighted by molar-refractivity contribution is -0.132. The summed E-state index contributed by atoms with van der Waals surface area (Å²) < 4.78 is 11.1.